The Morgan fingerprint density at radius 1 is 0.517 bits per heavy atom. The number of pyridine rings is 2. The van der Waals surface area contributed by atoms with Crippen LogP contribution in [0.1, 0.15) is 0 Å². The van der Waals surface area contributed by atoms with Gasteiger partial charge in [0, 0.05) is 23.0 Å². The van der Waals surface area contributed by atoms with Crippen LogP contribution in [0.2, 0.25) is 5.02 Å². The highest BCUT2D eigenvalue weighted by Crippen LogP contribution is 2.29. The van der Waals surface area contributed by atoms with Gasteiger partial charge in [0.15, 0.2) is 0 Å². The van der Waals surface area contributed by atoms with Crippen molar-refractivity contribution in [1.82, 2.24) is 9.97 Å². The molecule has 138 valence electrons. The van der Waals surface area contributed by atoms with Crippen molar-refractivity contribution in [3.63, 3.8) is 0 Å². The van der Waals surface area contributed by atoms with Crippen LogP contribution < -0.4 is 0 Å². The Hall–Kier alpha value is -3.49. The molecule has 29 heavy (non-hydrogen) atoms. The molecule has 0 saturated carbocycles. The van der Waals surface area contributed by atoms with E-state index in [0.717, 1.165) is 33.1 Å². The predicted octanol–water partition coefficient (Wildman–Crippen LogP) is 7.28. The molecule has 2 aromatic heterocycles. The molecule has 0 radical (unpaired) electrons. The zero-order valence-corrected chi connectivity index (χ0v) is 16.3. The zero-order valence-electron chi connectivity index (χ0n) is 15.6. The molecule has 2 heterocycles. The first-order chi connectivity index (χ1) is 14.3. The largest absolute Gasteiger partial charge is 0.255 e. The van der Waals surface area contributed by atoms with Crippen LogP contribution in [-0.2, 0) is 0 Å². The third-order valence-corrected chi connectivity index (χ3v) is 5.29. The van der Waals surface area contributed by atoms with Gasteiger partial charge in [-0.2, -0.15) is 0 Å². The summed E-state index contributed by atoms with van der Waals surface area (Å²) < 4.78 is 0. The number of hydrogen-bond donors (Lipinski definition) is 0. The van der Waals surface area contributed by atoms with Crippen LogP contribution in [0.3, 0.4) is 0 Å². The maximum Gasteiger partial charge on any atom is 0.0886 e. The molecular weight excluding hydrogens is 376 g/mol. The second-order valence-corrected chi connectivity index (χ2v) is 7.37. The van der Waals surface area contributed by atoms with Crippen molar-refractivity contribution in [2.45, 2.75) is 0 Å². The van der Waals surface area contributed by atoms with Gasteiger partial charge in [-0.15, -0.1) is 0 Å². The predicted molar refractivity (Wildman–Crippen MR) is 121 cm³/mol. The van der Waals surface area contributed by atoms with Crippen molar-refractivity contribution < 1.29 is 0 Å². The Morgan fingerprint density at radius 3 is 1.76 bits per heavy atom. The summed E-state index contributed by atoms with van der Waals surface area (Å²) in [5.74, 6) is 0. The molecule has 0 aliphatic heterocycles. The van der Waals surface area contributed by atoms with Crippen LogP contribution in [0.25, 0.3) is 44.4 Å². The van der Waals surface area contributed by atoms with E-state index in [9.17, 15) is 0 Å². The minimum atomic E-state index is 0.752. The van der Waals surface area contributed by atoms with Gasteiger partial charge in [0.25, 0.3) is 0 Å². The molecule has 0 amide bonds. The van der Waals surface area contributed by atoms with Gasteiger partial charge in [-0.05, 0) is 69.9 Å². The maximum atomic E-state index is 6.01. The van der Waals surface area contributed by atoms with Gasteiger partial charge >= 0.3 is 0 Å². The summed E-state index contributed by atoms with van der Waals surface area (Å²) in [6, 6.07) is 30.9. The Bertz CT molecular complexity index is 1280. The van der Waals surface area contributed by atoms with Crippen LogP contribution in [0.4, 0.5) is 0 Å². The minimum absolute atomic E-state index is 0.752. The zero-order chi connectivity index (χ0) is 19.6. The summed E-state index contributed by atoms with van der Waals surface area (Å²) in [6.07, 6.45) is 3.69. The molecular formula is C26H17ClN2. The van der Waals surface area contributed by atoms with Crippen molar-refractivity contribution in [2.75, 3.05) is 0 Å². The fraction of sp³-hybridized carbons (Fsp3) is 0. The highest BCUT2D eigenvalue weighted by molar-refractivity contribution is 6.30. The van der Waals surface area contributed by atoms with E-state index in [4.69, 9.17) is 11.6 Å². The van der Waals surface area contributed by atoms with Gasteiger partial charge in [0.05, 0.1) is 11.4 Å². The van der Waals surface area contributed by atoms with E-state index in [1.807, 2.05) is 54.7 Å². The van der Waals surface area contributed by atoms with Gasteiger partial charge in [-0.3, -0.25) is 9.97 Å². The summed E-state index contributed by atoms with van der Waals surface area (Å²) in [5.41, 5.74) is 6.35. The summed E-state index contributed by atoms with van der Waals surface area (Å²) >= 11 is 6.01. The smallest absolute Gasteiger partial charge is 0.0886 e. The number of fused-ring (bicyclic) bond motifs is 1. The standard InChI is InChI=1S/C26H17ClN2/c27-24-11-8-18(9-12-24)19-4-5-21-16-22(7-6-20(21)15-19)23-10-13-26(29-17-23)25-3-1-2-14-28-25/h1-17H. The highest BCUT2D eigenvalue weighted by Gasteiger charge is 2.05. The minimum Gasteiger partial charge on any atom is -0.255 e. The Balaban J connectivity index is 1.47. The van der Waals surface area contributed by atoms with Gasteiger partial charge in [0.2, 0.25) is 0 Å². The lowest BCUT2D eigenvalue weighted by Gasteiger charge is -2.08. The molecule has 3 heteroatoms. The van der Waals surface area contributed by atoms with E-state index in [2.05, 4.69) is 52.4 Å². The third kappa shape index (κ3) is 3.63. The van der Waals surface area contributed by atoms with E-state index in [1.54, 1.807) is 6.20 Å². The lowest BCUT2D eigenvalue weighted by Crippen LogP contribution is -1.87. The summed E-state index contributed by atoms with van der Waals surface area (Å²) in [5, 5.41) is 3.16. The second-order valence-electron chi connectivity index (χ2n) is 6.93. The van der Waals surface area contributed by atoms with E-state index >= 15 is 0 Å². The van der Waals surface area contributed by atoms with Crippen LogP contribution in [0, 0.1) is 0 Å². The topological polar surface area (TPSA) is 25.8 Å². The van der Waals surface area contributed by atoms with Crippen molar-refractivity contribution in [3.05, 3.63) is 108 Å². The van der Waals surface area contributed by atoms with Crippen molar-refractivity contribution in [2.24, 2.45) is 0 Å². The fourth-order valence-electron chi connectivity index (χ4n) is 3.48. The monoisotopic (exact) mass is 392 g/mol. The Morgan fingerprint density at radius 2 is 1.14 bits per heavy atom. The number of rotatable bonds is 3. The lowest BCUT2D eigenvalue weighted by atomic mass is 9.98. The van der Waals surface area contributed by atoms with Gasteiger partial charge in [0.1, 0.15) is 0 Å². The molecule has 2 nitrogen and oxygen atoms in total. The van der Waals surface area contributed by atoms with Crippen LogP contribution in [0.15, 0.2) is 103 Å². The molecule has 0 N–H and O–H groups in total. The molecule has 0 aliphatic carbocycles. The van der Waals surface area contributed by atoms with Gasteiger partial charge in [-0.25, -0.2) is 0 Å². The SMILES string of the molecule is Clc1ccc(-c2ccc3cc(-c4ccc(-c5ccccn5)nc4)ccc3c2)cc1. The lowest BCUT2D eigenvalue weighted by molar-refractivity contribution is 1.25. The van der Waals surface area contributed by atoms with Crippen molar-refractivity contribution >= 4 is 22.4 Å². The van der Waals surface area contributed by atoms with Gasteiger partial charge in [-0.1, -0.05) is 60.1 Å². The molecule has 0 fully saturated rings. The molecule has 0 unspecified atom stereocenters. The van der Waals surface area contributed by atoms with E-state index in [-0.39, 0.29) is 0 Å². The number of nitrogens with zero attached hydrogens (tertiary/aromatic N) is 2. The number of aromatic nitrogens is 2. The van der Waals surface area contributed by atoms with Crippen molar-refractivity contribution in [1.29, 1.82) is 0 Å². The fourth-order valence-corrected chi connectivity index (χ4v) is 3.60. The molecule has 0 atom stereocenters. The first-order valence-corrected chi connectivity index (χ1v) is 9.82. The average Bonchev–Trinajstić information content (AvgIpc) is 2.80. The quantitative estimate of drug-likeness (QED) is 0.322. The van der Waals surface area contributed by atoms with Gasteiger partial charge < -0.3 is 0 Å². The first-order valence-electron chi connectivity index (χ1n) is 9.44. The third-order valence-electron chi connectivity index (χ3n) is 5.04. The maximum absolute atomic E-state index is 6.01. The van der Waals surface area contributed by atoms with E-state index in [1.165, 1.54) is 16.3 Å². The Kier molecular flexibility index (Phi) is 4.55. The Labute approximate surface area is 174 Å². The van der Waals surface area contributed by atoms with Crippen LogP contribution >= 0.6 is 11.6 Å². The first kappa shape index (κ1) is 17.6. The molecule has 0 bridgehead atoms. The average molecular weight is 393 g/mol. The molecule has 5 aromatic rings. The normalized spacial score (nSPS) is 10.9. The molecule has 0 saturated heterocycles. The van der Waals surface area contributed by atoms with Crippen LogP contribution in [-0.4, -0.2) is 9.97 Å². The van der Waals surface area contributed by atoms with Crippen LogP contribution in [0.5, 0.6) is 0 Å². The summed E-state index contributed by atoms with van der Waals surface area (Å²) in [7, 11) is 0. The summed E-state index contributed by atoms with van der Waals surface area (Å²) in [6.45, 7) is 0. The molecule has 0 aliphatic rings. The number of benzene rings is 3. The number of halogens is 1. The number of hydrogen-bond acceptors (Lipinski definition) is 2. The van der Waals surface area contributed by atoms with Crippen molar-refractivity contribution in [3.8, 4) is 33.6 Å². The van der Waals surface area contributed by atoms with E-state index < -0.39 is 0 Å². The van der Waals surface area contributed by atoms with E-state index in [0.29, 0.717) is 0 Å². The summed E-state index contributed by atoms with van der Waals surface area (Å²) in [4.78, 5) is 8.95. The highest BCUT2D eigenvalue weighted by atomic mass is 35.5. The molecule has 5 rings (SSSR count). The molecule has 0 spiro atoms. The molecule has 3 aromatic carbocycles. The second kappa shape index (κ2) is 7.50.